The van der Waals surface area contributed by atoms with E-state index in [9.17, 15) is 8.42 Å². The Morgan fingerprint density at radius 2 is 2.10 bits per heavy atom. The molecular formula is C13H27IN4O2S. The van der Waals surface area contributed by atoms with Crippen molar-refractivity contribution in [3.63, 3.8) is 0 Å². The van der Waals surface area contributed by atoms with E-state index in [4.69, 9.17) is 0 Å². The van der Waals surface area contributed by atoms with Crippen LogP contribution in [0.2, 0.25) is 0 Å². The molecule has 0 saturated carbocycles. The van der Waals surface area contributed by atoms with Gasteiger partial charge in [-0.3, -0.25) is 4.99 Å². The standard InChI is InChI=1S/C13H26N4O2S.HI/c1-12-5-3-7-16(11-12)13(14-2)15-6-9-17-8-4-10-20(17,18)19;/h12H,3-11H2,1-2H3,(H,14,15);1H. The van der Waals surface area contributed by atoms with Gasteiger partial charge in [0, 0.05) is 39.8 Å². The van der Waals surface area contributed by atoms with Crippen molar-refractivity contribution in [3.05, 3.63) is 0 Å². The maximum Gasteiger partial charge on any atom is 0.214 e. The maximum atomic E-state index is 11.7. The zero-order valence-electron chi connectivity index (χ0n) is 12.9. The zero-order chi connectivity index (χ0) is 14.6. The van der Waals surface area contributed by atoms with E-state index in [0.29, 0.717) is 31.3 Å². The molecule has 2 saturated heterocycles. The van der Waals surface area contributed by atoms with Crippen molar-refractivity contribution in [2.45, 2.75) is 26.2 Å². The molecule has 0 spiro atoms. The number of hydrogen-bond donors (Lipinski definition) is 1. The number of piperidine rings is 1. The van der Waals surface area contributed by atoms with Gasteiger partial charge in [0.05, 0.1) is 5.75 Å². The molecule has 0 radical (unpaired) electrons. The maximum absolute atomic E-state index is 11.7. The Hall–Kier alpha value is -0.0900. The molecule has 0 aromatic carbocycles. The molecule has 1 N–H and O–H groups in total. The van der Waals surface area contributed by atoms with Crippen molar-refractivity contribution in [3.8, 4) is 0 Å². The van der Waals surface area contributed by atoms with Crippen LogP contribution in [-0.2, 0) is 10.0 Å². The second kappa shape index (κ2) is 8.52. The molecule has 2 heterocycles. The minimum absolute atomic E-state index is 0. The number of likely N-dealkylation sites (tertiary alicyclic amines) is 1. The third-order valence-corrected chi connectivity index (χ3v) is 5.97. The van der Waals surface area contributed by atoms with E-state index < -0.39 is 10.0 Å². The number of halogens is 1. The highest BCUT2D eigenvalue weighted by Gasteiger charge is 2.27. The Morgan fingerprint density at radius 3 is 2.67 bits per heavy atom. The van der Waals surface area contributed by atoms with Gasteiger partial charge in [-0.05, 0) is 25.2 Å². The highest BCUT2D eigenvalue weighted by atomic mass is 127. The summed E-state index contributed by atoms with van der Waals surface area (Å²) in [5.74, 6) is 1.89. The van der Waals surface area contributed by atoms with Gasteiger partial charge in [-0.15, -0.1) is 24.0 Å². The van der Waals surface area contributed by atoms with Gasteiger partial charge in [-0.1, -0.05) is 6.92 Å². The van der Waals surface area contributed by atoms with Crippen LogP contribution in [0.3, 0.4) is 0 Å². The molecule has 6 nitrogen and oxygen atoms in total. The molecule has 0 aliphatic carbocycles. The minimum atomic E-state index is -2.99. The lowest BCUT2D eigenvalue weighted by Gasteiger charge is -2.33. The van der Waals surface area contributed by atoms with E-state index in [1.54, 1.807) is 11.4 Å². The van der Waals surface area contributed by atoms with Crippen LogP contribution in [0.15, 0.2) is 4.99 Å². The van der Waals surface area contributed by atoms with E-state index in [0.717, 1.165) is 25.5 Å². The highest BCUT2D eigenvalue weighted by Crippen LogP contribution is 2.15. The van der Waals surface area contributed by atoms with Crippen LogP contribution in [-0.4, -0.2) is 69.1 Å². The van der Waals surface area contributed by atoms with Gasteiger partial charge in [0.2, 0.25) is 10.0 Å². The van der Waals surface area contributed by atoms with Crippen LogP contribution >= 0.6 is 24.0 Å². The van der Waals surface area contributed by atoms with Gasteiger partial charge < -0.3 is 10.2 Å². The van der Waals surface area contributed by atoms with Gasteiger partial charge in [-0.25, -0.2) is 12.7 Å². The van der Waals surface area contributed by atoms with Crippen LogP contribution in [0.1, 0.15) is 26.2 Å². The third-order valence-electron chi connectivity index (χ3n) is 4.02. The summed E-state index contributed by atoms with van der Waals surface area (Å²) in [6, 6.07) is 0. The Morgan fingerprint density at radius 1 is 1.33 bits per heavy atom. The van der Waals surface area contributed by atoms with Crippen molar-refractivity contribution in [1.29, 1.82) is 0 Å². The van der Waals surface area contributed by atoms with Crippen molar-refractivity contribution in [2.24, 2.45) is 10.9 Å². The molecule has 8 heteroatoms. The number of aliphatic imine (C=N–C) groups is 1. The molecule has 2 aliphatic heterocycles. The fourth-order valence-electron chi connectivity index (χ4n) is 2.95. The Bertz CT molecular complexity index is 455. The Labute approximate surface area is 145 Å². The van der Waals surface area contributed by atoms with Gasteiger partial charge in [0.15, 0.2) is 5.96 Å². The molecule has 2 aliphatic rings. The number of nitrogens with zero attached hydrogens (tertiary/aromatic N) is 3. The van der Waals surface area contributed by atoms with E-state index in [1.807, 2.05) is 0 Å². The third kappa shape index (κ3) is 5.24. The van der Waals surface area contributed by atoms with Crippen LogP contribution in [0.5, 0.6) is 0 Å². The lowest BCUT2D eigenvalue weighted by atomic mass is 10.0. The van der Waals surface area contributed by atoms with Crippen LogP contribution in [0, 0.1) is 5.92 Å². The molecule has 2 rings (SSSR count). The van der Waals surface area contributed by atoms with Crippen molar-refractivity contribution >= 4 is 40.0 Å². The largest absolute Gasteiger partial charge is 0.355 e. The van der Waals surface area contributed by atoms with E-state index in [-0.39, 0.29) is 24.0 Å². The molecule has 0 amide bonds. The van der Waals surface area contributed by atoms with Crippen LogP contribution < -0.4 is 5.32 Å². The van der Waals surface area contributed by atoms with E-state index in [2.05, 4.69) is 22.1 Å². The summed E-state index contributed by atoms with van der Waals surface area (Å²) < 4.78 is 25.0. The summed E-state index contributed by atoms with van der Waals surface area (Å²) in [5, 5.41) is 3.29. The normalized spacial score (nSPS) is 26.5. The fraction of sp³-hybridized carbons (Fsp3) is 0.923. The number of sulfonamides is 1. The summed E-state index contributed by atoms with van der Waals surface area (Å²) in [5.41, 5.74) is 0. The van der Waals surface area contributed by atoms with Gasteiger partial charge in [0.1, 0.15) is 0 Å². The summed E-state index contributed by atoms with van der Waals surface area (Å²) in [6.45, 7) is 6.13. The molecular weight excluding hydrogens is 403 g/mol. The quantitative estimate of drug-likeness (QED) is 0.412. The zero-order valence-corrected chi connectivity index (χ0v) is 16.1. The second-order valence-corrected chi connectivity index (χ2v) is 7.82. The fourth-order valence-corrected chi connectivity index (χ4v) is 4.48. The van der Waals surface area contributed by atoms with Gasteiger partial charge in [0.25, 0.3) is 0 Å². The highest BCUT2D eigenvalue weighted by molar-refractivity contribution is 14.0. The summed E-state index contributed by atoms with van der Waals surface area (Å²) in [7, 11) is -1.20. The predicted molar refractivity (Wildman–Crippen MR) is 96.7 cm³/mol. The molecule has 0 aromatic heterocycles. The van der Waals surface area contributed by atoms with Crippen molar-refractivity contribution in [1.82, 2.24) is 14.5 Å². The SMILES string of the molecule is CN=C(NCCN1CCCS1(=O)=O)N1CCCC(C)C1.I. The molecule has 0 bridgehead atoms. The van der Waals surface area contributed by atoms with Gasteiger partial charge in [-0.2, -0.15) is 0 Å². The molecule has 124 valence electrons. The lowest BCUT2D eigenvalue weighted by Crippen LogP contribution is -2.48. The summed E-state index contributed by atoms with van der Waals surface area (Å²) in [6.07, 6.45) is 3.22. The Balaban J connectivity index is 0.00000220. The topological polar surface area (TPSA) is 65.0 Å². The average molecular weight is 430 g/mol. The first-order chi connectivity index (χ1) is 9.53. The number of guanidine groups is 1. The smallest absolute Gasteiger partial charge is 0.214 e. The average Bonchev–Trinajstić information content (AvgIpc) is 2.74. The first-order valence-electron chi connectivity index (χ1n) is 7.46. The molecule has 1 atom stereocenters. The number of nitrogens with one attached hydrogen (secondary N) is 1. The van der Waals surface area contributed by atoms with E-state index in [1.165, 1.54) is 12.8 Å². The second-order valence-electron chi connectivity index (χ2n) is 5.74. The van der Waals surface area contributed by atoms with Gasteiger partial charge >= 0.3 is 0 Å². The minimum Gasteiger partial charge on any atom is -0.355 e. The van der Waals surface area contributed by atoms with Crippen LogP contribution in [0.4, 0.5) is 0 Å². The molecule has 0 aromatic rings. The first-order valence-corrected chi connectivity index (χ1v) is 9.07. The first kappa shape index (κ1) is 19.0. The van der Waals surface area contributed by atoms with Crippen molar-refractivity contribution in [2.75, 3.05) is 45.5 Å². The predicted octanol–water partition coefficient (Wildman–Crippen LogP) is 0.947. The lowest BCUT2D eigenvalue weighted by molar-refractivity contribution is 0.265. The van der Waals surface area contributed by atoms with Crippen LogP contribution in [0.25, 0.3) is 0 Å². The molecule has 21 heavy (non-hydrogen) atoms. The molecule has 2 fully saturated rings. The molecule has 1 unspecified atom stereocenters. The summed E-state index contributed by atoms with van der Waals surface area (Å²) in [4.78, 5) is 6.58. The van der Waals surface area contributed by atoms with Crippen molar-refractivity contribution < 1.29 is 8.42 Å². The summed E-state index contributed by atoms with van der Waals surface area (Å²) >= 11 is 0. The Kier molecular flexibility index (Phi) is 7.69. The monoisotopic (exact) mass is 430 g/mol. The number of rotatable bonds is 3. The number of hydrogen-bond acceptors (Lipinski definition) is 3. The van der Waals surface area contributed by atoms with E-state index >= 15 is 0 Å².